The van der Waals surface area contributed by atoms with Crippen molar-refractivity contribution >= 4 is 46.0 Å². The minimum atomic E-state index is -1.26. The number of aryl methyl sites for hydroxylation is 1. The number of carboxylic acids is 1. The van der Waals surface area contributed by atoms with Gasteiger partial charge in [-0.25, -0.2) is 9.78 Å². The molecule has 0 aliphatic carbocycles. The predicted octanol–water partition coefficient (Wildman–Crippen LogP) is 1.42. The van der Waals surface area contributed by atoms with Crippen molar-refractivity contribution in [1.82, 2.24) is 24.4 Å². The molecule has 0 unspecified atom stereocenters. The zero-order valence-corrected chi connectivity index (χ0v) is 17.7. The smallest absolute Gasteiger partial charge is 0.341 e. The lowest BCUT2D eigenvalue weighted by Crippen LogP contribution is -2.50. The molecule has 10 nitrogen and oxygen atoms in total. The van der Waals surface area contributed by atoms with E-state index in [1.54, 1.807) is 17.0 Å². The fraction of sp³-hybridized carbons (Fsp3) is 0.300. The minimum Gasteiger partial charge on any atom is -0.477 e. The molecule has 4 rings (SSSR count). The van der Waals surface area contributed by atoms with E-state index < -0.39 is 11.4 Å². The Hall–Kier alpha value is -3.60. The van der Waals surface area contributed by atoms with Gasteiger partial charge < -0.3 is 24.8 Å². The van der Waals surface area contributed by atoms with Crippen LogP contribution in [0.1, 0.15) is 17.3 Å². The highest BCUT2D eigenvalue weighted by Crippen LogP contribution is 2.17. The first kappa shape index (κ1) is 20.7. The topological polar surface area (TPSA) is 116 Å². The summed E-state index contributed by atoms with van der Waals surface area (Å²) in [4.78, 5) is 40.9. The Bertz CT molecular complexity index is 1190. The largest absolute Gasteiger partial charge is 0.477 e. The zero-order valence-electron chi connectivity index (χ0n) is 16.9. The number of pyridine rings is 2. The standard InChI is InChI=1S/C20H21N7O3S/c1-2-25-12-15(18(29)30)16(28)14-11-22-19(24-17(14)25)26-6-8-27(9-7-26)20(31)23-13-4-3-5-21-10-13/h3-5,10-12H,2,6-9H2,1H3,(H,23,31)(H,29,30). The van der Waals surface area contributed by atoms with Gasteiger partial charge in [0.2, 0.25) is 11.4 Å². The lowest BCUT2D eigenvalue weighted by atomic mass is 10.2. The second kappa shape index (κ2) is 8.64. The number of nitrogens with one attached hydrogen (secondary N) is 1. The Kier molecular flexibility index (Phi) is 5.76. The van der Waals surface area contributed by atoms with Gasteiger partial charge in [0.15, 0.2) is 5.11 Å². The van der Waals surface area contributed by atoms with Crippen LogP contribution < -0.4 is 15.6 Å². The minimum absolute atomic E-state index is 0.200. The SMILES string of the molecule is CCn1cc(C(=O)O)c(=O)c2cnc(N3CCN(C(=S)Nc4cccnc4)CC3)nc21. The molecule has 0 aromatic carbocycles. The van der Waals surface area contributed by atoms with Gasteiger partial charge >= 0.3 is 5.97 Å². The van der Waals surface area contributed by atoms with Crippen LogP contribution in [0, 0.1) is 0 Å². The first-order valence-corrected chi connectivity index (χ1v) is 10.2. The number of fused-ring (bicyclic) bond motifs is 1. The number of nitrogens with zero attached hydrogens (tertiary/aromatic N) is 6. The highest BCUT2D eigenvalue weighted by molar-refractivity contribution is 7.80. The lowest BCUT2D eigenvalue weighted by molar-refractivity contribution is 0.0695. The third-order valence-corrected chi connectivity index (χ3v) is 5.50. The van der Waals surface area contributed by atoms with Crippen molar-refractivity contribution in [2.75, 3.05) is 36.4 Å². The quantitative estimate of drug-likeness (QED) is 0.578. The maximum absolute atomic E-state index is 12.5. The molecule has 0 atom stereocenters. The molecule has 0 spiro atoms. The van der Waals surface area contributed by atoms with E-state index in [4.69, 9.17) is 12.2 Å². The van der Waals surface area contributed by atoms with Crippen LogP contribution in [0.3, 0.4) is 0 Å². The molecule has 160 valence electrons. The summed E-state index contributed by atoms with van der Waals surface area (Å²) >= 11 is 5.51. The molecule has 3 aromatic rings. The molecule has 11 heteroatoms. The summed E-state index contributed by atoms with van der Waals surface area (Å²) in [5.41, 5.74) is 0.411. The summed E-state index contributed by atoms with van der Waals surface area (Å²) in [6.07, 6.45) is 6.18. The number of piperazine rings is 1. The summed E-state index contributed by atoms with van der Waals surface area (Å²) < 4.78 is 1.66. The maximum atomic E-state index is 12.5. The first-order valence-electron chi connectivity index (χ1n) is 9.82. The fourth-order valence-corrected chi connectivity index (χ4v) is 3.76. The molecular formula is C20H21N7O3S. The first-order chi connectivity index (χ1) is 15.0. The fourth-order valence-electron chi connectivity index (χ4n) is 3.46. The number of thiocarbonyl (C=S) groups is 1. The number of hydrogen-bond donors (Lipinski definition) is 2. The van der Waals surface area contributed by atoms with E-state index in [0.29, 0.717) is 49.4 Å². The van der Waals surface area contributed by atoms with E-state index in [1.165, 1.54) is 12.4 Å². The number of aromatic nitrogens is 4. The molecule has 0 bridgehead atoms. The van der Waals surface area contributed by atoms with E-state index in [9.17, 15) is 14.7 Å². The molecule has 1 aliphatic heterocycles. The molecule has 1 aliphatic rings. The van der Waals surface area contributed by atoms with Crippen molar-refractivity contribution in [3.05, 3.63) is 52.7 Å². The second-order valence-corrected chi connectivity index (χ2v) is 7.40. The number of rotatable bonds is 4. The molecular weight excluding hydrogens is 418 g/mol. The average Bonchev–Trinajstić information content (AvgIpc) is 2.79. The van der Waals surface area contributed by atoms with Gasteiger partial charge in [0.05, 0.1) is 17.3 Å². The van der Waals surface area contributed by atoms with Gasteiger partial charge in [-0.3, -0.25) is 9.78 Å². The van der Waals surface area contributed by atoms with E-state index >= 15 is 0 Å². The third-order valence-electron chi connectivity index (χ3n) is 5.14. The summed E-state index contributed by atoms with van der Waals surface area (Å²) in [7, 11) is 0. The van der Waals surface area contributed by atoms with Crippen LogP contribution in [-0.4, -0.2) is 66.8 Å². The molecule has 3 aromatic heterocycles. The molecule has 0 saturated carbocycles. The number of carbonyl (C=O) groups is 1. The van der Waals surface area contributed by atoms with Crippen LogP contribution in [0.5, 0.6) is 0 Å². The van der Waals surface area contributed by atoms with Gasteiger partial charge in [0, 0.05) is 51.3 Å². The normalized spacial score (nSPS) is 14.0. The number of aromatic carboxylic acids is 1. The van der Waals surface area contributed by atoms with Crippen molar-refractivity contribution in [2.45, 2.75) is 13.5 Å². The summed E-state index contributed by atoms with van der Waals surface area (Å²) in [6, 6.07) is 3.75. The lowest BCUT2D eigenvalue weighted by Gasteiger charge is -2.36. The van der Waals surface area contributed by atoms with Crippen LogP contribution in [0.4, 0.5) is 11.6 Å². The van der Waals surface area contributed by atoms with Crippen molar-refractivity contribution in [1.29, 1.82) is 0 Å². The predicted molar refractivity (Wildman–Crippen MR) is 121 cm³/mol. The number of hydrogen-bond acceptors (Lipinski definition) is 7. The highest BCUT2D eigenvalue weighted by Gasteiger charge is 2.22. The zero-order chi connectivity index (χ0) is 22.0. The van der Waals surface area contributed by atoms with Gasteiger partial charge in [-0.05, 0) is 31.3 Å². The Morgan fingerprint density at radius 3 is 2.68 bits per heavy atom. The Morgan fingerprint density at radius 2 is 2.03 bits per heavy atom. The Morgan fingerprint density at radius 1 is 1.26 bits per heavy atom. The van der Waals surface area contributed by atoms with E-state index in [1.807, 2.05) is 24.0 Å². The van der Waals surface area contributed by atoms with Gasteiger partial charge in [-0.1, -0.05) is 0 Å². The van der Waals surface area contributed by atoms with Crippen molar-refractivity contribution < 1.29 is 9.90 Å². The Labute approximate surface area is 183 Å². The van der Waals surface area contributed by atoms with E-state index in [-0.39, 0.29) is 10.9 Å². The summed E-state index contributed by atoms with van der Waals surface area (Å²) in [5, 5.41) is 13.3. The van der Waals surface area contributed by atoms with Crippen molar-refractivity contribution in [3.8, 4) is 0 Å². The van der Waals surface area contributed by atoms with Crippen LogP contribution in [-0.2, 0) is 6.54 Å². The maximum Gasteiger partial charge on any atom is 0.341 e. The molecule has 31 heavy (non-hydrogen) atoms. The monoisotopic (exact) mass is 439 g/mol. The average molecular weight is 440 g/mol. The number of carboxylic acid groups (broad SMARTS) is 1. The molecule has 0 radical (unpaired) electrons. The van der Waals surface area contributed by atoms with E-state index in [0.717, 1.165) is 5.69 Å². The summed E-state index contributed by atoms with van der Waals surface area (Å²) in [6.45, 7) is 5.04. The molecule has 1 fully saturated rings. The second-order valence-electron chi connectivity index (χ2n) is 7.02. The van der Waals surface area contributed by atoms with Crippen molar-refractivity contribution in [2.24, 2.45) is 0 Å². The van der Waals surface area contributed by atoms with Gasteiger partial charge in [0.25, 0.3) is 0 Å². The van der Waals surface area contributed by atoms with Gasteiger partial charge in [0.1, 0.15) is 11.2 Å². The number of anilines is 2. The van der Waals surface area contributed by atoms with Crippen LogP contribution in [0.2, 0.25) is 0 Å². The van der Waals surface area contributed by atoms with Gasteiger partial charge in [-0.2, -0.15) is 4.98 Å². The van der Waals surface area contributed by atoms with Crippen LogP contribution >= 0.6 is 12.2 Å². The Balaban J connectivity index is 1.51. The van der Waals surface area contributed by atoms with E-state index in [2.05, 4.69) is 25.2 Å². The molecule has 0 amide bonds. The highest BCUT2D eigenvalue weighted by atomic mass is 32.1. The molecule has 2 N–H and O–H groups in total. The third kappa shape index (κ3) is 4.17. The summed E-state index contributed by atoms with van der Waals surface area (Å²) in [5.74, 6) is -0.756. The molecule has 4 heterocycles. The van der Waals surface area contributed by atoms with Crippen LogP contribution in [0.25, 0.3) is 11.0 Å². The van der Waals surface area contributed by atoms with Gasteiger partial charge in [-0.15, -0.1) is 0 Å². The van der Waals surface area contributed by atoms with Crippen molar-refractivity contribution in [3.63, 3.8) is 0 Å². The molecule has 1 saturated heterocycles. The van der Waals surface area contributed by atoms with Crippen LogP contribution in [0.15, 0.2) is 41.7 Å².